The molecule has 0 radical (unpaired) electrons. The largest absolute Gasteiger partial charge is 0.481 e. The van der Waals surface area contributed by atoms with Crippen LogP contribution >= 0.6 is 0 Å². The molecule has 4 aliphatic rings. The Hall–Kier alpha value is -1.88. The van der Waals surface area contributed by atoms with Crippen LogP contribution in [0.5, 0.6) is 0 Å². The molecule has 4 fully saturated rings. The summed E-state index contributed by atoms with van der Waals surface area (Å²) in [6, 6.07) is 8.93. The molecular weight excluding hydrogens is 354 g/mol. The number of carboxylic acid groups (broad SMARTS) is 1. The number of piperidine rings is 1. The van der Waals surface area contributed by atoms with Gasteiger partial charge in [-0.05, 0) is 73.3 Å². The molecule has 1 N–H and O–H groups in total. The molecule has 1 aromatic rings. The summed E-state index contributed by atoms with van der Waals surface area (Å²) in [5.41, 5.74) is 3.09. The second kappa shape index (κ2) is 6.87. The number of rotatable bonds is 4. The number of carbonyl (C=O) groups excluding carboxylic acids is 1. The predicted molar refractivity (Wildman–Crippen MR) is 104 cm³/mol. The normalized spacial score (nSPS) is 33.5. The van der Waals surface area contributed by atoms with Gasteiger partial charge in [-0.2, -0.15) is 0 Å². The van der Waals surface area contributed by atoms with Gasteiger partial charge < -0.3 is 14.7 Å². The molecule has 1 aromatic carbocycles. The van der Waals surface area contributed by atoms with E-state index in [1.807, 2.05) is 4.90 Å². The summed E-state index contributed by atoms with van der Waals surface area (Å²) < 4.78 is 5.57. The van der Waals surface area contributed by atoms with E-state index in [1.54, 1.807) is 0 Å². The molecule has 1 amide bonds. The third-order valence-electron chi connectivity index (χ3n) is 7.76. The van der Waals surface area contributed by atoms with Crippen molar-refractivity contribution in [3.8, 4) is 0 Å². The molecule has 150 valence electrons. The zero-order chi connectivity index (χ0) is 19.3. The summed E-state index contributed by atoms with van der Waals surface area (Å²) in [7, 11) is 0. The Morgan fingerprint density at radius 3 is 2.36 bits per heavy atom. The zero-order valence-electron chi connectivity index (χ0n) is 16.3. The zero-order valence-corrected chi connectivity index (χ0v) is 16.3. The van der Waals surface area contributed by atoms with Gasteiger partial charge in [0.15, 0.2) is 0 Å². The van der Waals surface area contributed by atoms with E-state index in [0.717, 1.165) is 58.2 Å². The number of ether oxygens (including phenoxy) is 1. The van der Waals surface area contributed by atoms with Crippen LogP contribution in [0.3, 0.4) is 0 Å². The van der Waals surface area contributed by atoms with E-state index in [1.165, 1.54) is 17.5 Å². The van der Waals surface area contributed by atoms with E-state index >= 15 is 0 Å². The van der Waals surface area contributed by atoms with Crippen LogP contribution in [0.15, 0.2) is 24.3 Å². The van der Waals surface area contributed by atoms with E-state index in [2.05, 4.69) is 24.3 Å². The molecule has 28 heavy (non-hydrogen) atoms. The number of nitrogens with zero attached hydrogens (tertiary/aromatic N) is 1. The third-order valence-corrected chi connectivity index (χ3v) is 7.76. The fraction of sp³-hybridized carbons (Fsp3) is 0.652. The lowest BCUT2D eigenvalue weighted by molar-refractivity contribution is -0.145. The average Bonchev–Trinajstić information content (AvgIpc) is 3.10. The predicted octanol–water partition coefficient (Wildman–Crippen LogP) is 3.54. The highest BCUT2D eigenvalue weighted by molar-refractivity contribution is 5.81. The van der Waals surface area contributed by atoms with Crippen LogP contribution in [0.2, 0.25) is 0 Å². The van der Waals surface area contributed by atoms with Crippen molar-refractivity contribution in [1.29, 1.82) is 0 Å². The van der Waals surface area contributed by atoms with E-state index in [4.69, 9.17) is 9.84 Å². The number of aliphatic carboxylic acids is 1. The quantitative estimate of drug-likeness (QED) is 0.864. The van der Waals surface area contributed by atoms with Gasteiger partial charge in [-0.1, -0.05) is 24.3 Å². The fourth-order valence-corrected chi connectivity index (χ4v) is 5.61. The van der Waals surface area contributed by atoms with Gasteiger partial charge in [0.1, 0.15) is 6.10 Å². The molecule has 0 aromatic heterocycles. The average molecular weight is 383 g/mol. The van der Waals surface area contributed by atoms with Crippen LogP contribution in [0.1, 0.15) is 67.9 Å². The van der Waals surface area contributed by atoms with Crippen molar-refractivity contribution in [2.45, 2.75) is 62.9 Å². The van der Waals surface area contributed by atoms with Gasteiger partial charge in [0.05, 0.1) is 5.92 Å². The second-order valence-electron chi connectivity index (χ2n) is 9.32. The van der Waals surface area contributed by atoms with Crippen LogP contribution < -0.4 is 0 Å². The van der Waals surface area contributed by atoms with Crippen molar-refractivity contribution in [2.75, 3.05) is 19.7 Å². The van der Waals surface area contributed by atoms with Crippen LogP contribution in [0, 0.1) is 11.3 Å². The Balaban J connectivity index is 1.15. The van der Waals surface area contributed by atoms with Crippen molar-refractivity contribution < 1.29 is 19.4 Å². The molecule has 5 rings (SSSR count). The van der Waals surface area contributed by atoms with Crippen LogP contribution in [0.4, 0.5) is 0 Å². The number of carboxylic acids is 1. The lowest BCUT2D eigenvalue weighted by Crippen LogP contribution is -2.44. The monoisotopic (exact) mass is 383 g/mol. The van der Waals surface area contributed by atoms with Crippen molar-refractivity contribution in [3.05, 3.63) is 35.4 Å². The molecule has 5 nitrogen and oxygen atoms in total. The molecule has 2 atom stereocenters. The Bertz CT molecular complexity index is 753. The summed E-state index contributed by atoms with van der Waals surface area (Å²) in [5, 5.41) is 9.05. The Morgan fingerprint density at radius 1 is 1.07 bits per heavy atom. The number of hydrogen-bond donors (Lipinski definition) is 1. The number of benzene rings is 1. The van der Waals surface area contributed by atoms with Crippen molar-refractivity contribution >= 4 is 11.9 Å². The first-order valence-electron chi connectivity index (χ1n) is 10.8. The SMILES string of the molecule is O=C([C@H]1CCCO1)N1CCC2(CC1)C[C@@H]2c1ccc([C@H]2C[C@H](C(=O)O)C2)cc1. The summed E-state index contributed by atoms with van der Waals surface area (Å²) >= 11 is 0. The minimum atomic E-state index is -0.655. The summed E-state index contributed by atoms with van der Waals surface area (Å²) in [5.74, 6) is 0.426. The molecule has 2 saturated carbocycles. The van der Waals surface area contributed by atoms with Crippen LogP contribution in [-0.2, 0) is 14.3 Å². The van der Waals surface area contributed by atoms with Crippen LogP contribution in [0.25, 0.3) is 0 Å². The minimum absolute atomic E-state index is 0.154. The standard InChI is InChI=1S/C23H29NO4/c25-21(20-2-1-11-28-20)24-9-7-23(8-10-24)14-19(23)16-5-3-15(4-6-16)17-12-18(13-17)22(26)27/h3-6,17-20H,1-2,7-14H2,(H,26,27)/t17-,18-,19-,20-/m1/s1. The third kappa shape index (κ3) is 3.14. The second-order valence-corrected chi connectivity index (χ2v) is 9.32. The lowest BCUT2D eigenvalue weighted by Gasteiger charge is -2.34. The van der Waals surface area contributed by atoms with Gasteiger partial charge in [-0.3, -0.25) is 9.59 Å². The van der Waals surface area contributed by atoms with E-state index in [9.17, 15) is 9.59 Å². The lowest BCUT2D eigenvalue weighted by atomic mass is 9.71. The molecule has 2 aliphatic carbocycles. The fourth-order valence-electron chi connectivity index (χ4n) is 5.61. The first kappa shape index (κ1) is 18.2. The molecule has 2 heterocycles. The van der Waals surface area contributed by atoms with Crippen molar-refractivity contribution in [3.63, 3.8) is 0 Å². The molecule has 2 aliphatic heterocycles. The highest BCUT2D eigenvalue weighted by Gasteiger charge is 2.55. The van der Waals surface area contributed by atoms with E-state index in [-0.39, 0.29) is 17.9 Å². The highest BCUT2D eigenvalue weighted by Crippen LogP contribution is 2.65. The number of hydrogen-bond acceptors (Lipinski definition) is 3. The maximum Gasteiger partial charge on any atom is 0.306 e. The molecule has 0 bridgehead atoms. The van der Waals surface area contributed by atoms with Gasteiger partial charge in [0, 0.05) is 19.7 Å². The van der Waals surface area contributed by atoms with Gasteiger partial charge in [0.2, 0.25) is 0 Å². The molecule has 5 heteroatoms. The molecule has 2 saturated heterocycles. The Morgan fingerprint density at radius 2 is 1.75 bits per heavy atom. The first-order valence-corrected chi connectivity index (χ1v) is 10.8. The summed E-state index contributed by atoms with van der Waals surface area (Å²) in [6.45, 7) is 2.46. The van der Waals surface area contributed by atoms with E-state index in [0.29, 0.717) is 17.3 Å². The Kier molecular flexibility index (Phi) is 4.46. The van der Waals surface area contributed by atoms with Gasteiger partial charge in [-0.25, -0.2) is 0 Å². The van der Waals surface area contributed by atoms with Gasteiger partial charge in [-0.15, -0.1) is 0 Å². The van der Waals surface area contributed by atoms with Gasteiger partial charge in [0.25, 0.3) is 5.91 Å². The summed E-state index contributed by atoms with van der Waals surface area (Å²) in [6.07, 6.45) is 6.67. The molecular formula is C23H29NO4. The first-order chi connectivity index (χ1) is 13.6. The number of amides is 1. The number of likely N-dealkylation sites (tertiary alicyclic amines) is 1. The maximum absolute atomic E-state index is 12.5. The van der Waals surface area contributed by atoms with Crippen molar-refractivity contribution in [2.24, 2.45) is 11.3 Å². The topological polar surface area (TPSA) is 66.8 Å². The maximum atomic E-state index is 12.5. The smallest absolute Gasteiger partial charge is 0.306 e. The minimum Gasteiger partial charge on any atom is -0.481 e. The van der Waals surface area contributed by atoms with Crippen molar-refractivity contribution in [1.82, 2.24) is 4.90 Å². The molecule has 0 unspecified atom stereocenters. The molecule has 1 spiro atoms. The Labute approximate surface area is 166 Å². The highest BCUT2D eigenvalue weighted by atomic mass is 16.5. The number of carbonyl (C=O) groups is 2. The van der Waals surface area contributed by atoms with Gasteiger partial charge >= 0.3 is 5.97 Å². The van der Waals surface area contributed by atoms with Crippen LogP contribution in [-0.4, -0.2) is 47.7 Å². The van der Waals surface area contributed by atoms with E-state index < -0.39 is 5.97 Å². The summed E-state index contributed by atoms with van der Waals surface area (Å²) in [4.78, 5) is 25.6.